The molecule has 0 unspecified atom stereocenters. The van der Waals surface area contributed by atoms with E-state index in [2.05, 4.69) is 91.0 Å². The van der Waals surface area contributed by atoms with Gasteiger partial charge in [-0.05, 0) is 33.9 Å². The fourth-order valence-corrected chi connectivity index (χ4v) is 5.77. The van der Waals surface area contributed by atoms with E-state index in [0.29, 0.717) is 0 Å². The molecule has 0 aliphatic rings. The molecule has 0 fully saturated rings. The summed E-state index contributed by atoms with van der Waals surface area (Å²) in [5.41, 5.74) is 4.14. The maximum absolute atomic E-state index is 2.20. The molecule has 3 aromatic rings. The molecule has 0 nitrogen and oxygen atoms in total. The zero-order valence-electron chi connectivity index (χ0n) is 15.0. The Morgan fingerprint density at radius 1 is 0.462 bits per heavy atom. The van der Waals surface area contributed by atoms with E-state index in [9.17, 15) is 0 Å². The van der Waals surface area contributed by atoms with Crippen molar-refractivity contribution in [3.8, 4) is 0 Å². The van der Waals surface area contributed by atoms with E-state index in [1.54, 1.807) is 0 Å². The molecule has 0 saturated carbocycles. The van der Waals surface area contributed by atoms with Crippen LogP contribution in [0.3, 0.4) is 0 Å². The molecule has 0 bridgehead atoms. The minimum absolute atomic E-state index is 0. The van der Waals surface area contributed by atoms with Crippen molar-refractivity contribution in [3.63, 3.8) is 0 Å². The molecule has 0 aromatic heterocycles. The predicted octanol–water partition coefficient (Wildman–Crippen LogP) is 4.24. The van der Waals surface area contributed by atoms with Crippen LogP contribution >= 0.6 is 35.3 Å². The fourth-order valence-electron chi connectivity index (χ4n) is 2.27. The first-order chi connectivity index (χ1) is 12.4. The van der Waals surface area contributed by atoms with Gasteiger partial charge in [0.1, 0.15) is 0 Å². The van der Waals surface area contributed by atoms with Crippen LogP contribution in [0.4, 0.5) is 0 Å². The van der Waals surface area contributed by atoms with Crippen molar-refractivity contribution >= 4 is 35.3 Å². The normalized spacial score (nSPS) is 10.5. The standard InChI is InChI=1S/C22H21S3.Li/c1-4-10-19(11-5-1)16-23-22(24-17-20-12-6-2-7-13-20)25-18-21-14-8-3-9-15-21;/h1-15H,16-18H2;/q-1;+1. The monoisotopic (exact) mass is 388 g/mol. The first-order valence-corrected chi connectivity index (χ1v) is 11.2. The third kappa shape index (κ3) is 7.90. The number of thioether (sulfide) groups is 3. The minimum atomic E-state index is 0. The van der Waals surface area contributed by atoms with Gasteiger partial charge in [-0.3, -0.25) is 0 Å². The first-order valence-electron chi connectivity index (χ1n) is 8.27. The van der Waals surface area contributed by atoms with Crippen LogP contribution in [0, 0.1) is 3.91 Å². The van der Waals surface area contributed by atoms with Crippen LogP contribution in [0.25, 0.3) is 0 Å². The molecule has 0 atom stereocenters. The molecule has 0 aliphatic carbocycles. The second kappa shape index (κ2) is 12.7. The van der Waals surface area contributed by atoms with Crippen LogP contribution in [0.1, 0.15) is 16.7 Å². The van der Waals surface area contributed by atoms with Gasteiger partial charge in [0.2, 0.25) is 0 Å². The van der Waals surface area contributed by atoms with Crippen LogP contribution in [-0.2, 0) is 17.3 Å². The van der Waals surface area contributed by atoms with Crippen molar-refractivity contribution < 1.29 is 18.9 Å². The first kappa shape index (κ1) is 21.6. The molecule has 26 heavy (non-hydrogen) atoms. The Balaban J connectivity index is 0.00000243. The van der Waals surface area contributed by atoms with Crippen LogP contribution in [0.15, 0.2) is 91.0 Å². The average Bonchev–Trinajstić information content (AvgIpc) is 2.70. The van der Waals surface area contributed by atoms with Crippen molar-refractivity contribution in [1.82, 2.24) is 0 Å². The third-order valence-corrected chi connectivity index (χ3v) is 7.86. The van der Waals surface area contributed by atoms with Crippen molar-refractivity contribution in [2.75, 3.05) is 0 Å². The fraction of sp³-hybridized carbons (Fsp3) is 0.136. The quantitative estimate of drug-likeness (QED) is 0.398. The van der Waals surface area contributed by atoms with Gasteiger partial charge in [-0.15, -0.1) is 0 Å². The van der Waals surface area contributed by atoms with E-state index in [1.807, 2.05) is 35.3 Å². The van der Waals surface area contributed by atoms with Crippen LogP contribution < -0.4 is 18.9 Å². The largest absolute Gasteiger partial charge is 1.00 e. The summed E-state index contributed by atoms with van der Waals surface area (Å²) in [6, 6.07) is 32.1. The molecule has 0 N–H and O–H groups in total. The van der Waals surface area contributed by atoms with Crippen LogP contribution in [0.5, 0.6) is 0 Å². The maximum atomic E-state index is 2.20. The van der Waals surface area contributed by atoms with Crippen LogP contribution in [0.2, 0.25) is 0 Å². The summed E-state index contributed by atoms with van der Waals surface area (Å²) in [6.07, 6.45) is 0. The Labute approximate surface area is 182 Å². The molecule has 0 heterocycles. The summed E-state index contributed by atoms with van der Waals surface area (Å²) >= 11 is 5.87. The van der Waals surface area contributed by atoms with Crippen molar-refractivity contribution in [1.29, 1.82) is 0 Å². The maximum Gasteiger partial charge on any atom is 1.00 e. The Morgan fingerprint density at radius 2 is 0.731 bits per heavy atom. The Morgan fingerprint density at radius 3 is 1.00 bits per heavy atom. The molecule has 3 rings (SSSR count). The van der Waals surface area contributed by atoms with Gasteiger partial charge in [-0.1, -0.05) is 91.0 Å². The molecule has 4 heteroatoms. The van der Waals surface area contributed by atoms with Crippen LogP contribution in [-0.4, -0.2) is 0 Å². The number of hydrogen-bond donors (Lipinski definition) is 0. The predicted molar refractivity (Wildman–Crippen MR) is 116 cm³/mol. The van der Waals surface area contributed by atoms with E-state index >= 15 is 0 Å². The topological polar surface area (TPSA) is 0 Å². The molecule has 3 aromatic carbocycles. The van der Waals surface area contributed by atoms with Crippen molar-refractivity contribution in [2.24, 2.45) is 0 Å². The molecular weight excluding hydrogens is 367 g/mol. The molecule has 0 amide bonds. The molecule has 0 saturated heterocycles. The average molecular weight is 389 g/mol. The number of hydrogen-bond acceptors (Lipinski definition) is 3. The summed E-state index contributed by atoms with van der Waals surface area (Å²) in [7, 11) is 0. The summed E-state index contributed by atoms with van der Waals surface area (Å²) in [4.78, 5) is 0. The molecule has 0 radical (unpaired) electrons. The van der Waals surface area contributed by atoms with E-state index in [0.717, 1.165) is 17.3 Å². The zero-order valence-corrected chi connectivity index (χ0v) is 17.5. The zero-order chi connectivity index (χ0) is 17.2. The van der Waals surface area contributed by atoms with Crippen molar-refractivity contribution in [2.45, 2.75) is 17.3 Å². The summed E-state index contributed by atoms with van der Waals surface area (Å²) in [5.74, 6) is 3.08. The Hall–Kier alpha value is -0.693. The van der Waals surface area contributed by atoms with Gasteiger partial charge in [0.15, 0.2) is 0 Å². The van der Waals surface area contributed by atoms with Crippen molar-refractivity contribution in [3.05, 3.63) is 112 Å². The smallest absolute Gasteiger partial charge is 0.322 e. The van der Waals surface area contributed by atoms with Gasteiger partial charge in [-0.25, -0.2) is 0 Å². The van der Waals surface area contributed by atoms with Gasteiger partial charge in [-0.2, -0.15) is 3.91 Å². The molecule has 128 valence electrons. The third-order valence-electron chi connectivity index (χ3n) is 3.60. The van der Waals surface area contributed by atoms with Gasteiger partial charge < -0.3 is 35.3 Å². The second-order valence-corrected chi connectivity index (χ2v) is 9.30. The van der Waals surface area contributed by atoms with Gasteiger partial charge >= 0.3 is 18.9 Å². The van der Waals surface area contributed by atoms with Gasteiger partial charge in [0.05, 0.1) is 0 Å². The van der Waals surface area contributed by atoms with Gasteiger partial charge in [0, 0.05) is 0 Å². The van der Waals surface area contributed by atoms with E-state index in [4.69, 9.17) is 0 Å². The summed E-state index contributed by atoms with van der Waals surface area (Å²) < 4.78 is 1.44. The van der Waals surface area contributed by atoms with E-state index in [1.165, 1.54) is 20.6 Å². The SMILES string of the molecule is [Li+].c1ccc(CS[C-](SCc2ccccc2)SCc2ccccc2)cc1. The molecule has 0 aliphatic heterocycles. The second-order valence-electron chi connectivity index (χ2n) is 5.57. The number of benzene rings is 3. The Bertz CT molecular complexity index is 617. The summed E-state index contributed by atoms with van der Waals surface area (Å²) in [6.45, 7) is 0. The van der Waals surface area contributed by atoms with E-state index < -0.39 is 0 Å². The Kier molecular flexibility index (Phi) is 10.5. The number of rotatable bonds is 9. The van der Waals surface area contributed by atoms with E-state index in [-0.39, 0.29) is 18.9 Å². The molecular formula is C22H21LiS3. The summed E-state index contributed by atoms with van der Waals surface area (Å²) in [5, 5.41) is 0. The van der Waals surface area contributed by atoms with Gasteiger partial charge in [0.25, 0.3) is 0 Å². The minimum Gasteiger partial charge on any atom is -0.322 e. The molecule has 0 spiro atoms.